The zero-order valence-corrected chi connectivity index (χ0v) is 18.0. The number of hydrazone groups is 1. The van der Waals surface area contributed by atoms with Crippen molar-refractivity contribution >= 4 is 17.3 Å². The predicted octanol–water partition coefficient (Wildman–Crippen LogP) is 1.28. The average Bonchev–Trinajstić information content (AvgIpc) is 3.19. The summed E-state index contributed by atoms with van der Waals surface area (Å²) in [6.45, 7) is 0.725. The Kier molecular flexibility index (Phi) is 6.85. The van der Waals surface area contributed by atoms with Gasteiger partial charge in [-0.1, -0.05) is 0 Å². The smallest absolute Gasteiger partial charge is 0.202 e. The molecule has 170 valence electrons. The number of nitrogens with two attached hydrogens (primary N) is 3. The van der Waals surface area contributed by atoms with Gasteiger partial charge in [0.15, 0.2) is 17.4 Å². The molecule has 10 nitrogen and oxygen atoms in total. The van der Waals surface area contributed by atoms with Crippen molar-refractivity contribution < 1.29 is 13.5 Å². The number of nitrogen functional groups attached to an aromatic ring is 1. The lowest BCUT2D eigenvalue weighted by molar-refractivity contribution is 0.249. The standard InChI is InChI=1S/C20H25F2N9O/c1-29(2)6-7-32-16-5-4-15(17(21)18(16)22)31(25)20(28-24)14-8-12(9-26-19(14)23)13-10-27-30(3)11-13/h4-5,8-11H,6-7,24-25H2,1-3H3,(H2,23,26)/b28-20-. The number of rotatable bonds is 7. The third kappa shape index (κ3) is 4.76. The first-order chi connectivity index (χ1) is 15.2. The first kappa shape index (κ1) is 22.9. The number of anilines is 2. The number of halogens is 2. The van der Waals surface area contributed by atoms with E-state index in [0.717, 1.165) is 10.6 Å². The van der Waals surface area contributed by atoms with E-state index in [0.29, 0.717) is 12.1 Å². The van der Waals surface area contributed by atoms with Gasteiger partial charge in [-0.3, -0.25) is 9.69 Å². The minimum absolute atomic E-state index is 0.0572. The van der Waals surface area contributed by atoms with E-state index in [1.807, 2.05) is 19.0 Å². The van der Waals surface area contributed by atoms with E-state index >= 15 is 0 Å². The average molecular weight is 445 g/mol. The lowest BCUT2D eigenvalue weighted by Gasteiger charge is -2.22. The van der Waals surface area contributed by atoms with Crippen molar-refractivity contribution in [2.24, 2.45) is 23.8 Å². The fourth-order valence-electron chi connectivity index (χ4n) is 2.92. The molecule has 2 aromatic heterocycles. The van der Waals surface area contributed by atoms with Gasteiger partial charge < -0.3 is 21.2 Å². The second kappa shape index (κ2) is 9.58. The number of hydrazine groups is 1. The number of hydrogen-bond donors (Lipinski definition) is 3. The topological polar surface area (TPSA) is 137 Å². The lowest BCUT2D eigenvalue weighted by Crippen LogP contribution is -2.40. The van der Waals surface area contributed by atoms with E-state index in [1.54, 1.807) is 36.4 Å². The van der Waals surface area contributed by atoms with Crippen LogP contribution in [0.2, 0.25) is 0 Å². The Balaban J connectivity index is 1.93. The van der Waals surface area contributed by atoms with Crippen molar-refractivity contribution in [1.29, 1.82) is 0 Å². The first-order valence-corrected chi connectivity index (χ1v) is 9.56. The van der Waals surface area contributed by atoms with E-state index in [9.17, 15) is 8.78 Å². The molecule has 2 heterocycles. The summed E-state index contributed by atoms with van der Waals surface area (Å²) in [6, 6.07) is 4.19. The Morgan fingerprint density at radius 2 is 1.94 bits per heavy atom. The quantitative estimate of drug-likeness (QED) is 0.214. The number of pyridine rings is 1. The van der Waals surface area contributed by atoms with Crippen LogP contribution in [0, 0.1) is 11.6 Å². The molecular formula is C20H25F2N9O. The van der Waals surface area contributed by atoms with Crippen LogP contribution in [0.25, 0.3) is 11.1 Å². The number of ether oxygens (including phenoxy) is 1. The highest BCUT2D eigenvalue weighted by molar-refractivity contribution is 6.12. The van der Waals surface area contributed by atoms with Crippen LogP contribution >= 0.6 is 0 Å². The molecule has 0 aliphatic carbocycles. The number of aromatic nitrogens is 3. The molecule has 12 heteroatoms. The van der Waals surface area contributed by atoms with Gasteiger partial charge in [-0.05, 0) is 32.3 Å². The van der Waals surface area contributed by atoms with Gasteiger partial charge >= 0.3 is 0 Å². The predicted molar refractivity (Wildman–Crippen MR) is 119 cm³/mol. The zero-order chi connectivity index (χ0) is 23.4. The van der Waals surface area contributed by atoms with Crippen molar-refractivity contribution in [3.63, 3.8) is 0 Å². The number of amidine groups is 1. The molecule has 0 spiro atoms. The molecule has 0 atom stereocenters. The van der Waals surface area contributed by atoms with Crippen LogP contribution in [-0.4, -0.2) is 52.7 Å². The Morgan fingerprint density at radius 1 is 1.19 bits per heavy atom. The fourth-order valence-corrected chi connectivity index (χ4v) is 2.92. The maximum atomic E-state index is 14.8. The molecule has 0 saturated heterocycles. The third-order valence-electron chi connectivity index (χ3n) is 4.63. The fraction of sp³-hybridized carbons (Fsp3) is 0.250. The molecule has 6 N–H and O–H groups in total. The molecule has 0 aliphatic heterocycles. The molecule has 0 bridgehead atoms. The van der Waals surface area contributed by atoms with E-state index in [1.165, 1.54) is 12.1 Å². The van der Waals surface area contributed by atoms with Crippen LogP contribution in [0.4, 0.5) is 20.3 Å². The highest BCUT2D eigenvalue weighted by Crippen LogP contribution is 2.29. The van der Waals surface area contributed by atoms with Gasteiger partial charge in [-0.2, -0.15) is 14.6 Å². The largest absolute Gasteiger partial charge is 0.489 e. The van der Waals surface area contributed by atoms with Crippen LogP contribution in [0.5, 0.6) is 5.75 Å². The summed E-state index contributed by atoms with van der Waals surface area (Å²) in [7, 11) is 5.45. The summed E-state index contributed by atoms with van der Waals surface area (Å²) in [5.74, 6) is 8.93. The number of aryl methyl sites for hydroxylation is 1. The molecule has 0 saturated carbocycles. The minimum Gasteiger partial charge on any atom is -0.489 e. The van der Waals surface area contributed by atoms with Gasteiger partial charge in [0, 0.05) is 37.1 Å². The summed E-state index contributed by atoms with van der Waals surface area (Å²) in [5.41, 5.74) is 7.35. The lowest BCUT2D eigenvalue weighted by atomic mass is 10.1. The van der Waals surface area contributed by atoms with Crippen molar-refractivity contribution in [2.45, 2.75) is 0 Å². The second-order valence-corrected chi connectivity index (χ2v) is 7.24. The molecule has 32 heavy (non-hydrogen) atoms. The Bertz CT molecular complexity index is 1130. The van der Waals surface area contributed by atoms with E-state index in [-0.39, 0.29) is 35.3 Å². The highest BCUT2D eigenvalue weighted by Gasteiger charge is 2.23. The van der Waals surface area contributed by atoms with Gasteiger partial charge in [-0.15, -0.1) is 0 Å². The highest BCUT2D eigenvalue weighted by atomic mass is 19.2. The van der Waals surface area contributed by atoms with Crippen molar-refractivity contribution in [3.8, 4) is 16.9 Å². The van der Waals surface area contributed by atoms with Crippen LogP contribution in [0.1, 0.15) is 5.56 Å². The van der Waals surface area contributed by atoms with E-state index < -0.39 is 11.6 Å². The maximum absolute atomic E-state index is 14.8. The molecule has 3 rings (SSSR count). The number of hydrogen-bond acceptors (Lipinski definition) is 8. The Morgan fingerprint density at radius 3 is 2.56 bits per heavy atom. The number of likely N-dealkylation sites (N-methyl/N-ethyl adjacent to an activating group) is 1. The molecule has 0 radical (unpaired) electrons. The van der Waals surface area contributed by atoms with Crippen molar-refractivity contribution in [1.82, 2.24) is 19.7 Å². The van der Waals surface area contributed by atoms with Crippen LogP contribution in [0.15, 0.2) is 41.9 Å². The summed E-state index contributed by atoms with van der Waals surface area (Å²) < 4.78 is 36.3. The van der Waals surface area contributed by atoms with Gasteiger partial charge in [0.25, 0.3) is 0 Å². The molecule has 3 aromatic rings. The summed E-state index contributed by atoms with van der Waals surface area (Å²) in [6.07, 6.45) is 4.96. The van der Waals surface area contributed by atoms with Gasteiger partial charge in [0.1, 0.15) is 12.4 Å². The van der Waals surface area contributed by atoms with Crippen LogP contribution < -0.4 is 27.2 Å². The first-order valence-electron chi connectivity index (χ1n) is 9.56. The van der Waals surface area contributed by atoms with Crippen molar-refractivity contribution in [3.05, 3.63) is 54.0 Å². The summed E-state index contributed by atoms with van der Waals surface area (Å²) in [4.78, 5) is 6.00. The Hall–Kier alpha value is -3.77. The number of benzene rings is 1. The van der Waals surface area contributed by atoms with Crippen LogP contribution in [0.3, 0.4) is 0 Å². The van der Waals surface area contributed by atoms with E-state index in [4.69, 9.17) is 22.2 Å². The van der Waals surface area contributed by atoms with Gasteiger partial charge in [0.2, 0.25) is 5.82 Å². The molecule has 1 aromatic carbocycles. The maximum Gasteiger partial charge on any atom is 0.202 e. The second-order valence-electron chi connectivity index (χ2n) is 7.24. The molecular weight excluding hydrogens is 420 g/mol. The molecule has 0 unspecified atom stereocenters. The number of nitrogens with zero attached hydrogens (tertiary/aromatic N) is 6. The SMILES string of the molecule is CN(C)CCOc1ccc(N(N)/C(=N\N)c2cc(-c3cnn(C)c3)cnc2N)c(F)c1F. The van der Waals surface area contributed by atoms with Gasteiger partial charge in [0.05, 0.1) is 17.4 Å². The molecule has 0 amide bonds. The summed E-state index contributed by atoms with van der Waals surface area (Å²) in [5, 5.41) is 8.57. The molecule has 0 aliphatic rings. The van der Waals surface area contributed by atoms with Crippen LogP contribution in [-0.2, 0) is 7.05 Å². The zero-order valence-electron chi connectivity index (χ0n) is 18.0. The summed E-state index contributed by atoms with van der Waals surface area (Å²) >= 11 is 0. The third-order valence-corrected chi connectivity index (χ3v) is 4.63. The molecule has 0 fully saturated rings. The minimum atomic E-state index is -1.22. The monoisotopic (exact) mass is 445 g/mol. The van der Waals surface area contributed by atoms with Gasteiger partial charge in [-0.25, -0.2) is 15.2 Å². The Labute approximate surface area is 183 Å². The van der Waals surface area contributed by atoms with Crippen molar-refractivity contribution in [2.75, 3.05) is 38.0 Å². The van der Waals surface area contributed by atoms with E-state index in [2.05, 4.69) is 15.2 Å². The normalized spacial score (nSPS) is 11.8.